The number of thiazole rings is 1. The smallest absolute Gasteiger partial charge is 0.336 e. The average Bonchev–Trinajstić information content (AvgIpc) is 2.93. The molecule has 3 rings (SSSR count). The summed E-state index contributed by atoms with van der Waals surface area (Å²) in [6.45, 7) is 4.65. The molecule has 0 bridgehead atoms. The van der Waals surface area contributed by atoms with Gasteiger partial charge in [0, 0.05) is 28.8 Å². The number of benzene rings is 1. The van der Waals surface area contributed by atoms with Crippen molar-refractivity contribution in [3.05, 3.63) is 56.8 Å². The Balaban J connectivity index is 1.76. The molecule has 0 spiro atoms. The lowest BCUT2D eigenvalue weighted by Gasteiger charge is -2.05. The second-order valence-corrected chi connectivity index (χ2v) is 5.96. The number of hydrogen-bond donors (Lipinski definition) is 0. The van der Waals surface area contributed by atoms with Crippen molar-refractivity contribution in [2.24, 2.45) is 0 Å². The molecule has 4 nitrogen and oxygen atoms in total. The summed E-state index contributed by atoms with van der Waals surface area (Å²) in [5.41, 5.74) is 1.08. The molecule has 0 unspecified atom stereocenters. The van der Waals surface area contributed by atoms with Gasteiger partial charge in [-0.2, -0.15) is 0 Å². The van der Waals surface area contributed by atoms with Crippen molar-refractivity contribution in [3.8, 4) is 5.75 Å². The third-order valence-electron chi connectivity index (χ3n) is 3.04. The largest absolute Gasteiger partial charge is 0.487 e. The number of rotatable bonds is 4. The van der Waals surface area contributed by atoms with Gasteiger partial charge in [-0.05, 0) is 18.2 Å². The Labute approximate surface area is 126 Å². The second-order valence-electron chi connectivity index (χ2n) is 5.07. The van der Waals surface area contributed by atoms with Crippen molar-refractivity contribution in [2.75, 3.05) is 0 Å². The molecular weight excluding hydrogens is 286 g/mol. The van der Waals surface area contributed by atoms with Gasteiger partial charge in [0.2, 0.25) is 0 Å². The topological polar surface area (TPSA) is 52.3 Å². The molecule has 0 aliphatic rings. The van der Waals surface area contributed by atoms with Crippen LogP contribution in [0.1, 0.15) is 30.5 Å². The highest BCUT2D eigenvalue weighted by Crippen LogP contribution is 2.22. The Hall–Kier alpha value is -2.14. The minimum atomic E-state index is -0.360. The molecule has 0 N–H and O–H groups in total. The minimum Gasteiger partial charge on any atom is -0.487 e. The monoisotopic (exact) mass is 301 g/mol. The van der Waals surface area contributed by atoms with E-state index in [4.69, 9.17) is 9.15 Å². The van der Waals surface area contributed by atoms with Crippen LogP contribution in [-0.4, -0.2) is 4.98 Å². The van der Waals surface area contributed by atoms with Gasteiger partial charge in [-0.15, -0.1) is 11.3 Å². The van der Waals surface area contributed by atoms with Gasteiger partial charge in [0.15, 0.2) is 0 Å². The zero-order valence-electron chi connectivity index (χ0n) is 11.8. The molecule has 0 aliphatic carbocycles. The summed E-state index contributed by atoms with van der Waals surface area (Å²) < 4.78 is 10.9. The molecule has 5 heteroatoms. The molecule has 0 atom stereocenters. The van der Waals surface area contributed by atoms with Gasteiger partial charge < -0.3 is 9.15 Å². The van der Waals surface area contributed by atoms with E-state index in [9.17, 15) is 4.79 Å². The molecule has 2 aromatic heterocycles. The molecule has 0 amide bonds. The number of nitrogens with zero attached hydrogens (tertiary/aromatic N) is 1. The average molecular weight is 301 g/mol. The molecule has 3 aromatic rings. The van der Waals surface area contributed by atoms with Gasteiger partial charge in [-0.25, -0.2) is 9.78 Å². The maximum Gasteiger partial charge on any atom is 0.336 e. The first-order valence-electron chi connectivity index (χ1n) is 6.73. The first-order valence-corrected chi connectivity index (χ1v) is 7.61. The first-order chi connectivity index (χ1) is 10.1. The molecule has 21 heavy (non-hydrogen) atoms. The van der Waals surface area contributed by atoms with Crippen LogP contribution in [0.2, 0.25) is 0 Å². The predicted octanol–water partition coefficient (Wildman–Crippen LogP) is 3.95. The van der Waals surface area contributed by atoms with Gasteiger partial charge >= 0.3 is 5.63 Å². The van der Waals surface area contributed by atoms with E-state index in [1.807, 2.05) is 17.5 Å². The minimum absolute atomic E-state index is 0.360. The first kappa shape index (κ1) is 13.8. The van der Waals surface area contributed by atoms with Crippen molar-refractivity contribution < 1.29 is 9.15 Å². The molecular formula is C16H15NO3S. The fraction of sp³-hybridized carbons (Fsp3) is 0.250. The highest BCUT2D eigenvalue weighted by molar-refractivity contribution is 7.09. The van der Waals surface area contributed by atoms with Gasteiger partial charge in [0.25, 0.3) is 0 Å². The van der Waals surface area contributed by atoms with Gasteiger partial charge in [0.05, 0.1) is 10.7 Å². The summed E-state index contributed by atoms with van der Waals surface area (Å²) in [4.78, 5) is 15.7. The molecule has 2 heterocycles. The summed E-state index contributed by atoms with van der Waals surface area (Å²) in [7, 11) is 0. The number of fused-ring (bicyclic) bond motifs is 1. The molecule has 0 saturated carbocycles. The van der Waals surface area contributed by atoms with E-state index in [-0.39, 0.29) is 5.63 Å². The van der Waals surface area contributed by atoms with Crippen LogP contribution in [0.15, 0.2) is 44.9 Å². The number of aromatic nitrogens is 1. The van der Waals surface area contributed by atoms with E-state index in [1.165, 1.54) is 6.07 Å². The van der Waals surface area contributed by atoms with Gasteiger partial charge in [0.1, 0.15) is 17.9 Å². The summed E-state index contributed by atoms with van der Waals surface area (Å²) in [6.07, 6.45) is 0. The highest BCUT2D eigenvalue weighted by Gasteiger charge is 2.07. The van der Waals surface area contributed by atoms with Crippen LogP contribution in [-0.2, 0) is 6.61 Å². The van der Waals surface area contributed by atoms with E-state index < -0.39 is 0 Å². The Kier molecular flexibility index (Phi) is 3.75. The Bertz CT molecular complexity index is 820. The van der Waals surface area contributed by atoms with Crippen LogP contribution in [0.3, 0.4) is 0 Å². The molecule has 0 saturated heterocycles. The summed E-state index contributed by atoms with van der Waals surface area (Å²) in [5, 5.41) is 3.99. The fourth-order valence-corrected chi connectivity index (χ4v) is 2.76. The quantitative estimate of drug-likeness (QED) is 0.685. The molecule has 108 valence electrons. The van der Waals surface area contributed by atoms with Crippen LogP contribution >= 0.6 is 11.3 Å². The maximum atomic E-state index is 11.2. The second kappa shape index (κ2) is 5.69. The standard InChI is InChI=1S/C16H15NO3S/c1-10(2)16-17-12(9-21-16)8-19-13-5-3-11-4-6-15(18)20-14(11)7-13/h3-7,9-10H,8H2,1-2H3. The van der Waals surface area contributed by atoms with E-state index in [0.717, 1.165) is 16.1 Å². The third-order valence-corrected chi connectivity index (χ3v) is 4.24. The lowest BCUT2D eigenvalue weighted by atomic mass is 10.2. The normalized spacial score (nSPS) is 11.2. The Morgan fingerprint density at radius 3 is 2.86 bits per heavy atom. The number of hydrogen-bond acceptors (Lipinski definition) is 5. The highest BCUT2D eigenvalue weighted by atomic mass is 32.1. The van der Waals surface area contributed by atoms with Crippen molar-refractivity contribution >= 4 is 22.3 Å². The zero-order chi connectivity index (χ0) is 14.8. The maximum absolute atomic E-state index is 11.2. The van der Waals surface area contributed by atoms with Crippen LogP contribution in [0, 0.1) is 0 Å². The lowest BCUT2D eigenvalue weighted by molar-refractivity contribution is 0.301. The molecule has 1 aromatic carbocycles. The molecule has 0 fully saturated rings. The van der Waals surface area contributed by atoms with Crippen molar-refractivity contribution in [1.82, 2.24) is 4.98 Å². The van der Waals surface area contributed by atoms with Crippen LogP contribution < -0.4 is 10.4 Å². The number of ether oxygens (including phenoxy) is 1. The summed E-state index contributed by atoms with van der Waals surface area (Å²) >= 11 is 1.65. The van der Waals surface area contributed by atoms with Crippen LogP contribution in [0.4, 0.5) is 0 Å². The molecule has 0 aliphatic heterocycles. The van der Waals surface area contributed by atoms with Crippen molar-refractivity contribution in [1.29, 1.82) is 0 Å². The zero-order valence-corrected chi connectivity index (χ0v) is 12.6. The van der Waals surface area contributed by atoms with Crippen LogP contribution in [0.5, 0.6) is 5.75 Å². The predicted molar refractivity (Wildman–Crippen MR) is 83.0 cm³/mol. The van der Waals surface area contributed by atoms with E-state index in [2.05, 4.69) is 18.8 Å². The van der Waals surface area contributed by atoms with E-state index in [0.29, 0.717) is 23.9 Å². The van der Waals surface area contributed by atoms with Crippen LogP contribution in [0.25, 0.3) is 11.0 Å². The Morgan fingerprint density at radius 2 is 2.10 bits per heavy atom. The van der Waals surface area contributed by atoms with Crippen molar-refractivity contribution in [2.45, 2.75) is 26.4 Å². The fourth-order valence-electron chi connectivity index (χ4n) is 1.94. The van der Waals surface area contributed by atoms with E-state index in [1.54, 1.807) is 23.5 Å². The van der Waals surface area contributed by atoms with Gasteiger partial charge in [-0.1, -0.05) is 13.8 Å². The van der Waals surface area contributed by atoms with E-state index >= 15 is 0 Å². The third kappa shape index (κ3) is 3.13. The summed E-state index contributed by atoms with van der Waals surface area (Å²) in [5.74, 6) is 1.09. The molecule has 0 radical (unpaired) electrons. The summed E-state index contributed by atoms with van der Waals surface area (Å²) in [6, 6.07) is 8.60. The lowest BCUT2D eigenvalue weighted by Crippen LogP contribution is -1.98. The SMILES string of the molecule is CC(C)c1nc(COc2ccc3ccc(=O)oc3c2)cs1. The van der Waals surface area contributed by atoms with Crippen molar-refractivity contribution in [3.63, 3.8) is 0 Å². The van der Waals surface area contributed by atoms with Gasteiger partial charge in [-0.3, -0.25) is 0 Å². The Morgan fingerprint density at radius 1 is 1.29 bits per heavy atom.